The molecular formula is C31H24F6O2. The van der Waals surface area contributed by atoms with Crippen molar-refractivity contribution in [1.29, 1.82) is 0 Å². The van der Waals surface area contributed by atoms with Gasteiger partial charge in [0.2, 0.25) is 0 Å². The number of halogens is 6. The van der Waals surface area contributed by atoms with Gasteiger partial charge in [-0.05, 0) is 47.2 Å². The highest BCUT2D eigenvalue weighted by atomic mass is 19.4. The maximum atomic E-state index is 14.8. The van der Waals surface area contributed by atoms with Gasteiger partial charge in [0.1, 0.15) is 5.41 Å². The Bertz CT molecular complexity index is 1360. The van der Waals surface area contributed by atoms with Crippen LogP contribution in [-0.4, -0.2) is 12.6 Å². The van der Waals surface area contributed by atoms with Crippen LogP contribution in [0.3, 0.4) is 0 Å². The van der Waals surface area contributed by atoms with E-state index >= 15 is 0 Å². The number of benzene rings is 4. The summed E-state index contributed by atoms with van der Waals surface area (Å²) in [6, 6.07) is 22.5. The number of alkyl halides is 6. The Morgan fingerprint density at radius 2 is 1.00 bits per heavy atom. The van der Waals surface area contributed by atoms with E-state index in [-0.39, 0.29) is 28.9 Å². The summed E-state index contributed by atoms with van der Waals surface area (Å²) in [6.45, 7) is 2.26. The lowest BCUT2D eigenvalue weighted by Crippen LogP contribution is -2.39. The van der Waals surface area contributed by atoms with Gasteiger partial charge in [-0.15, -0.1) is 0 Å². The highest BCUT2D eigenvalue weighted by Crippen LogP contribution is 2.50. The Kier molecular flexibility index (Phi) is 7.59. The molecule has 0 spiro atoms. The molecule has 4 rings (SSSR count). The molecule has 0 unspecified atom stereocenters. The predicted molar refractivity (Wildman–Crippen MR) is 137 cm³/mol. The van der Waals surface area contributed by atoms with Gasteiger partial charge >= 0.3 is 18.3 Å². The Morgan fingerprint density at radius 3 is 1.33 bits per heavy atom. The maximum Gasteiger partial charge on any atom is 0.417 e. The average Bonchev–Trinajstić information content (AvgIpc) is 2.92. The smallest absolute Gasteiger partial charge is 0.417 e. The number of hydrogen-bond donors (Lipinski definition) is 0. The van der Waals surface area contributed by atoms with E-state index in [9.17, 15) is 31.1 Å². The highest BCUT2D eigenvalue weighted by Gasteiger charge is 2.51. The molecule has 0 atom stereocenters. The van der Waals surface area contributed by atoms with E-state index in [4.69, 9.17) is 4.74 Å². The normalized spacial score (nSPS) is 12.3. The van der Waals surface area contributed by atoms with Crippen LogP contribution in [0.15, 0.2) is 97.1 Å². The van der Waals surface area contributed by atoms with Gasteiger partial charge in [0.25, 0.3) is 0 Å². The third-order valence-electron chi connectivity index (χ3n) is 6.63. The molecule has 2 nitrogen and oxygen atoms in total. The first-order chi connectivity index (χ1) is 18.4. The Balaban J connectivity index is 2.15. The van der Waals surface area contributed by atoms with Crippen molar-refractivity contribution < 1.29 is 35.9 Å². The molecule has 0 N–H and O–H groups in total. The van der Waals surface area contributed by atoms with E-state index in [1.807, 2.05) is 0 Å². The van der Waals surface area contributed by atoms with Gasteiger partial charge in [-0.3, -0.25) is 4.79 Å². The molecule has 0 radical (unpaired) electrons. The molecule has 0 heterocycles. The van der Waals surface area contributed by atoms with E-state index in [0.29, 0.717) is 0 Å². The van der Waals surface area contributed by atoms with Crippen LogP contribution in [0.25, 0.3) is 22.3 Å². The van der Waals surface area contributed by atoms with Crippen molar-refractivity contribution in [2.75, 3.05) is 6.61 Å². The first kappa shape index (κ1) is 28.0. The minimum atomic E-state index is -5.01. The zero-order chi connectivity index (χ0) is 28.4. The molecular weight excluding hydrogens is 518 g/mol. The van der Waals surface area contributed by atoms with Crippen LogP contribution in [0, 0.1) is 0 Å². The molecule has 4 aromatic rings. The van der Waals surface area contributed by atoms with E-state index in [1.54, 1.807) is 36.4 Å². The fourth-order valence-electron chi connectivity index (χ4n) is 4.91. The summed E-state index contributed by atoms with van der Waals surface area (Å²) in [5.74, 6) is -1.23. The third kappa shape index (κ3) is 5.28. The van der Waals surface area contributed by atoms with Crippen molar-refractivity contribution in [3.05, 3.63) is 119 Å². The molecule has 0 aliphatic carbocycles. The van der Waals surface area contributed by atoms with Gasteiger partial charge in [-0.1, -0.05) is 97.1 Å². The Labute approximate surface area is 221 Å². The second-order valence-electron chi connectivity index (χ2n) is 9.03. The molecule has 0 fully saturated rings. The Hall–Kier alpha value is -4.07. The molecule has 8 heteroatoms. The molecule has 0 aromatic heterocycles. The second kappa shape index (κ2) is 10.6. The fraction of sp³-hybridized carbons (Fsp3) is 0.194. The minimum Gasteiger partial charge on any atom is -0.465 e. The monoisotopic (exact) mass is 542 g/mol. The molecule has 0 aliphatic heterocycles. The van der Waals surface area contributed by atoms with Crippen LogP contribution in [0.4, 0.5) is 26.3 Å². The van der Waals surface area contributed by atoms with E-state index in [1.165, 1.54) is 55.5 Å². The molecule has 0 saturated heterocycles. The van der Waals surface area contributed by atoms with Crippen LogP contribution in [-0.2, 0) is 27.3 Å². The minimum absolute atomic E-state index is 0.201. The fourth-order valence-corrected chi connectivity index (χ4v) is 4.91. The maximum absolute atomic E-state index is 14.8. The van der Waals surface area contributed by atoms with Crippen molar-refractivity contribution in [2.45, 2.75) is 31.6 Å². The largest absolute Gasteiger partial charge is 0.465 e. The van der Waals surface area contributed by atoms with Crippen molar-refractivity contribution in [1.82, 2.24) is 0 Å². The zero-order valence-corrected chi connectivity index (χ0v) is 21.0. The van der Waals surface area contributed by atoms with Crippen LogP contribution < -0.4 is 0 Å². The first-order valence-corrected chi connectivity index (χ1v) is 12.1. The summed E-state index contributed by atoms with van der Waals surface area (Å²) in [4.78, 5) is 13.6. The SMILES string of the molecule is CCOC(=O)C(C)(c1cccc(-c2ccccc2)c1C(F)(F)F)c1cccc(-c2ccccc2)c1C(F)(F)F. The van der Waals surface area contributed by atoms with Gasteiger partial charge in [-0.2, -0.15) is 26.3 Å². The van der Waals surface area contributed by atoms with Gasteiger partial charge in [0.15, 0.2) is 0 Å². The third-order valence-corrected chi connectivity index (χ3v) is 6.63. The predicted octanol–water partition coefficient (Wildman–Crippen LogP) is 8.93. The quantitative estimate of drug-likeness (QED) is 0.180. The summed E-state index contributed by atoms with van der Waals surface area (Å²) < 4.78 is 93.9. The molecule has 0 saturated carbocycles. The van der Waals surface area contributed by atoms with Crippen molar-refractivity contribution >= 4 is 5.97 Å². The average molecular weight is 543 g/mol. The number of rotatable bonds is 6. The zero-order valence-electron chi connectivity index (χ0n) is 21.0. The van der Waals surface area contributed by atoms with Crippen molar-refractivity contribution in [3.63, 3.8) is 0 Å². The summed E-state index contributed by atoms with van der Waals surface area (Å²) in [6.07, 6.45) is -10.0. The lowest BCUT2D eigenvalue weighted by Gasteiger charge is -2.34. The molecule has 39 heavy (non-hydrogen) atoms. The van der Waals surface area contributed by atoms with E-state index in [0.717, 1.165) is 19.1 Å². The number of carbonyl (C=O) groups is 1. The van der Waals surface area contributed by atoms with Gasteiger partial charge < -0.3 is 4.74 Å². The van der Waals surface area contributed by atoms with Crippen LogP contribution in [0.2, 0.25) is 0 Å². The lowest BCUT2D eigenvalue weighted by molar-refractivity contribution is -0.150. The first-order valence-electron chi connectivity index (χ1n) is 12.1. The number of hydrogen-bond acceptors (Lipinski definition) is 2. The van der Waals surface area contributed by atoms with Crippen LogP contribution >= 0.6 is 0 Å². The number of ether oxygens (including phenoxy) is 1. The Morgan fingerprint density at radius 1 is 0.615 bits per heavy atom. The summed E-state index contributed by atoms with van der Waals surface area (Å²) in [5.41, 5.74) is -6.26. The van der Waals surface area contributed by atoms with Gasteiger partial charge in [0.05, 0.1) is 17.7 Å². The highest BCUT2D eigenvalue weighted by molar-refractivity contribution is 5.91. The van der Waals surface area contributed by atoms with Crippen molar-refractivity contribution in [3.8, 4) is 22.3 Å². The molecule has 4 aromatic carbocycles. The lowest BCUT2D eigenvalue weighted by atomic mass is 9.70. The van der Waals surface area contributed by atoms with Gasteiger partial charge in [0, 0.05) is 0 Å². The molecule has 0 aliphatic rings. The number of carbonyl (C=O) groups excluding carboxylic acids is 1. The van der Waals surface area contributed by atoms with Crippen molar-refractivity contribution in [2.24, 2.45) is 0 Å². The van der Waals surface area contributed by atoms with E-state index in [2.05, 4.69) is 0 Å². The summed E-state index contributed by atoms with van der Waals surface area (Å²) >= 11 is 0. The topological polar surface area (TPSA) is 26.3 Å². The summed E-state index contributed by atoms with van der Waals surface area (Å²) in [5, 5.41) is 0. The molecule has 0 amide bonds. The van der Waals surface area contributed by atoms with Crippen LogP contribution in [0.1, 0.15) is 36.1 Å². The number of esters is 1. The molecule has 0 bridgehead atoms. The molecule has 202 valence electrons. The second-order valence-corrected chi connectivity index (χ2v) is 9.03. The standard InChI is InChI=1S/C31H24F6O2/c1-3-39-28(38)29(2,24-18-10-16-22(26(24)30(32,33)34)20-12-6-4-7-13-20)25-19-11-17-23(27(25)31(35,36)37)21-14-8-5-9-15-21/h4-19H,3H2,1-2H3. The van der Waals surface area contributed by atoms with E-state index < -0.39 is 46.0 Å². The summed E-state index contributed by atoms with van der Waals surface area (Å²) in [7, 11) is 0. The van der Waals surface area contributed by atoms with Gasteiger partial charge in [-0.25, -0.2) is 0 Å². The van der Waals surface area contributed by atoms with Crippen LogP contribution in [0.5, 0.6) is 0 Å².